The van der Waals surface area contributed by atoms with Crippen molar-refractivity contribution in [2.24, 2.45) is 0 Å². The number of ether oxygens (including phenoxy) is 5. The van der Waals surface area contributed by atoms with Crippen LogP contribution in [-0.2, 0) is 42.9 Å². The van der Waals surface area contributed by atoms with Gasteiger partial charge in [0.15, 0.2) is 0 Å². The van der Waals surface area contributed by atoms with Gasteiger partial charge in [0.2, 0.25) is 0 Å². The molecular weight excluding hydrogens is 620 g/mol. The summed E-state index contributed by atoms with van der Waals surface area (Å²) in [7, 11) is 9.65. The number of nitrogens with zero attached hydrogens (tertiary/aromatic N) is 4. The van der Waals surface area contributed by atoms with E-state index in [9.17, 15) is 19.2 Å². The van der Waals surface area contributed by atoms with Gasteiger partial charge in [0, 0.05) is 33.3 Å². The summed E-state index contributed by atoms with van der Waals surface area (Å²) in [5.41, 5.74) is 0. The molecule has 0 rings (SSSR count). The lowest BCUT2D eigenvalue weighted by atomic mass is 10.2. The van der Waals surface area contributed by atoms with Crippen molar-refractivity contribution < 1.29 is 42.9 Å². The average molecular weight is 689 g/mol. The fraction of sp³-hybridized carbons (Fsp3) is 0.886. The number of unbranched alkanes of at least 4 members (excludes halogenated alkanes) is 4. The molecule has 0 saturated heterocycles. The summed E-state index contributed by atoms with van der Waals surface area (Å²) in [6.45, 7) is 9.49. The van der Waals surface area contributed by atoms with E-state index in [4.69, 9.17) is 23.7 Å². The molecule has 0 heterocycles. The molecule has 0 aromatic heterocycles. The molecule has 0 aliphatic rings. The molecule has 0 aromatic rings. The zero-order chi connectivity index (χ0) is 35.8. The molecule has 0 saturated carbocycles. The van der Waals surface area contributed by atoms with Gasteiger partial charge in [-0.15, -0.1) is 0 Å². The Morgan fingerprint density at radius 3 is 1.10 bits per heavy atom. The fourth-order valence-electron chi connectivity index (χ4n) is 4.68. The second kappa shape index (κ2) is 31.9. The van der Waals surface area contributed by atoms with Gasteiger partial charge in [0.05, 0.1) is 52.1 Å². The summed E-state index contributed by atoms with van der Waals surface area (Å²) in [5, 5.41) is 0. The summed E-state index contributed by atoms with van der Waals surface area (Å²) >= 11 is 0. The highest BCUT2D eigenvalue weighted by Gasteiger charge is 2.14. The van der Waals surface area contributed by atoms with E-state index < -0.39 is 0 Å². The van der Waals surface area contributed by atoms with Crippen molar-refractivity contribution >= 4 is 23.9 Å². The van der Waals surface area contributed by atoms with Crippen LogP contribution in [0.5, 0.6) is 0 Å². The number of methoxy groups -OCH3 is 1. The topological polar surface area (TPSA) is 127 Å². The number of carbonyl (C=O) groups excluding carboxylic acids is 4. The highest BCUT2D eigenvalue weighted by Crippen LogP contribution is 2.05. The third kappa shape index (κ3) is 31.0. The maximum atomic E-state index is 12.3. The van der Waals surface area contributed by atoms with Crippen molar-refractivity contribution in [2.75, 3.05) is 121 Å². The zero-order valence-corrected chi connectivity index (χ0v) is 31.1. The first-order chi connectivity index (χ1) is 23.1. The normalized spacial score (nSPS) is 11.5. The van der Waals surface area contributed by atoms with Gasteiger partial charge in [-0.3, -0.25) is 19.2 Å². The molecule has 0 bridgehead atoms. The smallest absolute Gasteiger partial charge is 0.307 e. The zero-order valence-electron chi connectivity index (χ0n) is 31.1. The molecule has 0 unspecified atom stereocenters. The molecule has 282 valence electrons. The molecule has 0 fully saturated rings. The van der Waals surface area contributed by atoms with Crippen molar-refractivity contribution in [1.82, 2.24) is 19.6 Å². The van der Waals surface area contributed by atoms with Gasteiger partial charge in [-0.25, -0.2) is 0 Å². The summed E-state index contributed by atoms with van der Waals surface area (Å²) < 4.78 is 26.2. The Kier molecular flexibility index (Phi) is 30.4. The van der Waals surface area contributed by atoms with E-state index in [1.807, 2.05) is 28.2 Å². The van der Waals surface area contributed by atoms with Gasteiger partial charge in [-0.1, -0.05) is 13.3 Å². The summed E-state index contributed by atoms with van der Waals surface area (Å²) in [5.74, 6) is -0.936. The van der Waals surface area contributed by atoms with Crippen LogP contribution in [0.3, 0.4) is 0 Å². The molecule has 0 atom stereocenters. The van der Waals surface area contributed by atoms with Gasteiger partial charge in [-0.05, 0) is 99.3 Å². The maximum Gasteiger partial charge on any atom is 0.307 e. The van der Waals surface area contributed by atoms with Gasteiger partial charge < -0.3 is 43.3 Å². The van der Waals surface area contributed by atoms with Crippen LogP contribution in [-0.4, -0.2) is 164 Å². The fourth-order valence-corrected chi connectivity index (χ4v) is 4.68. The number of rotatable bonds is 33. The Labute approximate surface area is 290 Å². The lowest BCUT2D eigenvalue weighted by Crippen LogP contribution is -2.32. The molecule has 0 radical (unpaired) electrons. The second-order valence-corrected chi connectivity index (χ2v) is 12.6. The molecule has 0 amide bonds. The molecule has 0 aromatic carbocycles. The maximum absolute atomic E-state index is 12.3. The highest BCUT2D eigenvalue weighted by molar-refractivity contribution is 5.71. The van der Waals surface area contributed by atoms with Crippen molar-refractivity contribution in [3.8, 4) is 0 Å². The van der Waals surface area contributed by atoms with Gasteiger partial charge in [0.25, 0.3) is 0 Å². The average Bonchev–Trinajstić information content (AvgIpc) is 3.04. The van der Waals surface area contributed by atoms with Crippen LogP contribution < -0.4 is 0 Å². The van der Waals surface area contributed by atoms with Crippen molar-refractivity contribution in [3.63, 3.8) is 0 Å². The molecule has 0 N–H and O–H groups in total. The Morgan fingerprint density at radius 2 is 0.771 bits per heavy atom. The molecule has 48 heavy (non-hydrogen) atoms. The molecule has 0 aliphatic carbocycles. The summed E-state index contributed by atoms with van der Waals surface area (Å²) in [6.07, 6.45) is 8.14. The van der Waals surface area contributed by atoms with Gasteiger partial charge in [0.1, 0.15) is 6.61 Å². The van der Waals surface area contributed by atoms with Crippen LogP contribution in [0.4, 0.5) is 0 Å². The third-order valence-electron chi connectivity index (χ3n) is 7.56. The monoisotopic (exact) mass is 688 g/mol. The summed E-state index contributed by atoms with van der Waals surface area (Å²) in [4.78, 5) is 57.1. The van der Waals surface area contributed by atoms with Crippen molar-refractivity contribution in [2.45, 2.75) is 84.0 Å². The molecular formula is C35H68N4O9. The van der Waals surface area contributed by atoms with E-state index in [1.165, 1.54) is 0 Å². The van der Waals surface area contributed by atoms with Crippen LogP contribution in [0, 0.1) is 0 Å². The van der Waals surface area contributed by atoms with Crippen LogP contribution in [0.2, 0.25) is 0 Å². The summed E-state index contributed by atoms with van der Waals surface area (Å²) in [6, 6.07) is 0. The minimum atomic E-state index is -0.270. The first kappa shape index (κ1) is 45.7. The largest absolute Gasteiger partial charge is 0.466 e. The highest BCUT2D eigenvalue weighted by atomic mass is 16.6. The van der Waals surface area contributed by atoms with Crippen LogP contribution in [0.25, 0.3) is 0 Å². The molecule has 0 aliphatic heterocycles. The van der Waals surface area contributed by atoms with E-state index in [2.05, 4.69) is 26.5 Å². The van der Waals surface area contributed by atoms with Gasteiger partial charge in [-0.2, -0.15) is 0 Å². The van der Waals surface area contributed by atoms with E-state index in [1.54, 1.807) is 7.11 Å². The minimum Gasteiger partial charge on any atom is -0.466 e. The standard InChI is InChI=1S/C35H68N4O9/c1-7-8-27-45-32(40)15-23-38(21-13-19-36(2)3)24-16-33(41)46-28-11-9-10-12-29-47-34(42)17-25-39(22-14-20-37(4)5)26-18-35(43)48-31-30-44-6/h7-31H2,1-6H3. The predicted molar refractivity (Wildman–Crippen MR) is 187 cm³/mol. The Morgan fingerprint density at radius 1 is 0.417 bits per heavy atom. The first-order valence-corrected chi connectivity index (χ1v) is 17.9. The second-order valence-electron chi connectivity index (χ2n) is 12.6. The number of hydrogen-bond donors (Lipinski definition) is 0. The van der Waals surface area contributed by atoms with Crippen LogP contribution >= 0.6 is 0 Å². The van der Waals surface area contributed by atoms with E-state index >= 15 is 0 Å². The molecule has 13 nitrogen and oxygen atoms in total. The molecule has 13 heteroatoms. The first-order valence-electron chi connectivity index (χ1n) is 17.9. The van der Waals surface area contributed by atoms with Crippen molar-refractivity contribution in [3.05, 3.63) is 0 Å². The molecule has 0 spiro atoms. The van der Waals surface area contributed by atoms with Crippen LogP contribution in [0.15, 0.2) is 0 Å². The Hall–Kier alpha value is -2.32. The van der Waals surface area contributed by atoms with E-state index in [0.29, 0.717) is 59.0 Å². The number of esters is 4. The Bertz CT molecular complexity index is 764. The lowest BCUT2D eigenvalue weighted by molar-refractivity contribution is -0.146. The lowest BCUT2D eigenvalue weighted by Gasteiger charge is -2.22. The quantitative estimate of drug-likeness (QED) is 0.0570. The SMILES string of the molecule is CCCCOC(=O)CCN(CCCN(C)C)CCC(=O)OCCCCCCOC(=O)CCN(CCCN(C)C)CCC(=O)OCCOC. The number of carbonyl (C=O) groups is 4. The third-order valence-corrected chi connectivity index (χ3v) is 7.56. The Balaban J connectivity index is 4.19. The minimum absolute atomic E-state index is 0.193. The van der Waals surface area contributed by atoms with E-state index in [0.717, 1.165) is 77.5 Å². The van der Waals surface area contributed by atoms with Gasteiger partial charge >= 0.3 is 23.9 Å². The van der Waals surface area contributed by atoms with Crippen LogP contribution in [0.1, 0.15) is 84.0 Å². The van der Waals surface area contributed by atoms with E-state index in [-0.39, 0.29) is 49.7 Å². The van der Waals surface area contributed by atoms with Crippen molar-refractivity contribution in [1.29, 1.82) is 0 Å². The number of hydrogen-bond acceptors (Lipinski definition) is 13. The predicted octanol–water partition coefficient (Wildman–Crippen LogP) is 3.23.